The number of anilines is 1. The molecule has 1 aromatic carbocycles. The van der Waals surface area contributed by atoms with Crippen LogP contribution in [0.5, 0.6) is 0 Å². The molecule has 0 saturated carbocycles. The summed E-state index contributed by atoms with van der Waals surface area (Å²) in [6, 6.07) is 6.79. The number of carbonyl (C=O) groups excluding carboxylic acids is 4. The zero-order valence-electron chi connectivity index (χ0n) is 15.8. The average molecular weight is 382 g/mol. The molecule has 1 fully saturated rings. The third-order valence-electron chi connectivity index (χ3n) is 5.19. The number of benzene rings is 1. The number of aryl methyl sites for hydroxylation is 1. The summed E-state index contributed by atoms with van der Waals surface area (Å²) in [5.41, 5.74) is 0.683. The fourth-order valence-electron chi connectivity index (χ4n) is 3.41. The van der Waals surface area contributed by atoms with Gasteiger partial charge in [-0.1, -0.05) is 19.1 Å². The van der Waals surface area contributed by atoms with E-state index in [1.54, 1.807) is 28.9 Å². The number of piperidine rings is 1. The Labute approximate surface area is 162 Å². The molecule has 8 heteroatoms. The predicted octanol–water partition coefficient (Wildman–Crippen LogP) is 1.81. The molecule has 1 aliphatic heterocycles. The van der Waals surface area contributed by atoms with Crippen LogP contribution in [-0.4, -0.2) is 33.3 Å². The molecule has 1 aromatic heterocycles. The van der Waals surface area contributed by atoms with Crippen LogP contribution in [0.1, 0.15) is 49.0 Å². The molecule has 3 amide bonds. The van der Waals surface area contributed by atoms with Crippen LogP contribution < -0.4 is 10.6 Å². The van der Waals surface area contributed by atoms with Crippen molar-refractivity contribution in [2.45, 2.75) is 45.1 Å². The molecular formula is C20H22N4O4. The fourth-order valence-corrected chi connectivity index (χ4v) is 3.41. The number of hydrogen-bond acceptors (Lipinski definition) is 5. The van der Waals surface area contributed by atoms with Crippen molar-refractivity contribution >= 4 is 29.2 Å². The molecule has 0 radical (unpaired) electrons. The van der Waals surface area contributed by atoms with Crippen LogP contribution in [0, 0.1) is 0 Å². The molecular weight excluding hydrogens is 360 g/mol. The lowest BCUT2D eigenvalue weighted by atomic mass is 9.72. The van der Waals surface area contributed by atoms with Gasteiger partial charge in [-0.25, -0.2) is 0 Å². The Hall–Kier alpha value is -3.29. The van der Waals surface area contributed by atoms with E-state index in [1.165, 1.54) is 12.4 Å². The molecule has 0 bridgehead atoms. The van der Waals surface area contributed by atoms with Gasteiger partial charge in [0.1, 0.15) is 0 Å². The number of carbonyl (C=O) groups is 4. The third-order valence-corrected chi connectivity index (χ3v) is 5.19. The first kappa shape index (κ1) is 19.5. The number of rotatable bonds is 6. The third kappa shape index (κ3) is 3.58. The highest BCUT2D eigenvalue weighted by molar-refractivity contribution is 6.46. The van der Waals surface area contributed by atoms with Gasteiger partial charge < -0.3 is 5.32 Å². The van der Waals surface area contributed by atoms with Gasteiger partial charge in [-0.3, -0.25) is 29.2 Å². The van der Waals surface area contributed by atoms with Crippen molar-refractivity contribution in [2.24, 2.45) is 0 Å². The highest BCUT2D eigenvalue weighted by Crippen LogP contribution is 2.36. The number of imide groups is 1. The number of amides is 3. The summed E-state index contributed by atoms with van der Waals surface area (Å²) in [5.74, 6) is -1.98. The van der Waals surface area contributed by atoms with Gasteiger partial charge in [-0.2, -0.15) is 5.10 Å². The zero-order valence-corrected chi connectivity index (χ0v) is 15.8. The van der Waals surface area contributed by atoms with Crippen LogP contribution in [0.3, 0.4) is 0 Å². The Morgan fingerprint density at radius 1 is 1.21 bits per heavy atom. The number of nitrogens with zero attached hydrogens (tertiary/aromatic N) is 2. The molecule has 1 aliphatic rings. The largest absolute Gasteiger partial charge is 0.319 e. The summed E-state index contributed by atoms with van der Waals surface area (Å²) < 4.78 is 1.57. The van der Waals surface area contributed by atoms with Crippen molar-refractivity contribution in [3.63, 3.8) is 0 Å². The molecule has 2 aromatic rings. The molecule has 2 N–H and O–H groups in total. The highest BCUT2D eigenvalue weighted by Gasteiger charge is 2.42. The molecule has 0 aliphatic carbocycles. The molecule has 1 atom stereocenters. The van der Waals surface area contributed by atoms with Crippen LogP contribution in [0.15, 0.2) is 36.7 Å². The van der Waals surface area contributed by atoms with Gasteiger partial charge >= 0.3 is 0 Å². The average Bonchev–Trinajstić information content (AvgIpc) is 3.18. The zero-order chi connectivity index (χ0) is 20.3. The van der Waals surface area contributed by atoms with Crippen molar-refractivity contribution in [2.75, 3.05) is 5.32 Å². The maximum Gasteiger partial charge on any atom is 0.296 e. The second kappa shape index (κ2) is 7.75. The monoisotopic (exact) mass is 382 g/mol. The molecule has 28 heavy (non-hydrogen) atoms. The summed E-state index contributed by atoms with van der Waals surface area (Å²) in [7, 11) is 0. The summed E-state index contributed by atoms with van der Waals surface area (Å²) in [6.45, 7) is 4.39. The smallest absolute Gasteiger partial charge is 0.296 e. The normalized spacial score (nSPS) is 19.2. The maximum absolute atomic E-state index is 12.4. The van der Waals surface area contributed by atoms with Crippen LogP contribution in [0.25, 0.3) is 0 Å². The van der Waals surface area contributed by atoms with Gasteiger partial charge in [0.05, 0.1) is 17.2 Å². The van der Waals surface area contributed by atoms with Crippen molar-refractivity contribution < 1.29 is 19.2 Å². The molecule has 8 nitrogen and oxygen atoms in total. The fraction of sp³-hybridized carbons (Fsp3) is 0.350. The van der Waals surface area contributed by atoms with Gasteiger partial charge in [0.2, 0.25) is 11.8 Å². The Kier molecular flexibility index (Phi) is 5.39. The van der Waals surface area contributed by atoms with Gasteiger partial charge in [-0.05, 0) is 37.5 Å². The van der Waals surface area contributed by atoms with E-state index in [4.69, 9.17) is 0 Å². The van der Waals surface area contributed by atoms with E-state index in [9.17, 15) is 19.2 Å². The quantitative estimate of drug-likeness (QED) is 0.450. The van der Waals surface area contributed by atoms with Crippen LogP contribution in [-0.2, 0) is 26.3 Å². The van der Waals surface area contributed by atoms with Gasteiger partial charge in [0.15, 0.2) is 0 Å². The number of nitrogens with one attached hydrogen (secondary N) is 2. The first-order valence-electron chi connectivity index (χ1n) is 9.22. The Morgan fingerprint density at radius 3 is 2.50 bits per heavy atom. The Morgan fingerprint density at radius 2 is 1.93 bits per heavy atom. The second-order valence-electron chi connectivity index (χ2n) is 6.76. The minimum absolute atomic E-state index is 0.226. The van der Waals surface area contributed by atoms with E-state index in [2.05, 4.69) is 15.7 Å². The van der Waals surface area contributed by atoms with Gasteiger partial charge in [0, 0.05) is 24.8 Å². The summed E-state index contributed by atoms with van der Waals surface area (Å²) in [4.78, 5) is 48.3. The van der Waals surface area contributed by atoms with E-state index in [0.717, 1.165) is 5.56 Å². The minimum atomic E-state index is -0.763. The molecule has 1 saturated heterocycles. The van der Waals surface area contributed by atoms with E-state index < -0.39 is 17.1 Å². The summed E-state index contributed by atoms with van der Waals surface area (Å²) in [5, 5.41) is 8.96. The molecule has 0 spiro atoms. The van der Waals surface area contributed by atoms with Crippen LogP contribution in [0.2, 0.25) is 0 Å². The van der Waals surface area contributed by atoms with Gasteiger partial charge in [-0.15, -0.1) is 0 Å². The van der Waals surface area contributed by atoms with Crippen LogP contribution in [0.4, 0.5) is 5.69 Å². The Bertz CT molecular complexity index is 932. The van der Waals surface area contributed by atoms with Crippen molar-refractivity contribution in [1.82, 2.24) is 15.1 Å². The lowest BCUT2D eigenvalue weighted by Gasteiger charge is -2.35. The lowest BCUT2D eigenvalue weighted by Crippen LogP contribution is -2.51. The van der Waals surface area contributed by atoms with E-state index in [-0.39, 0.29) is 23.8 Å². The molecule has 146 valence electrons. The number of ketones is 1. The number of hydrogen-bond donors (Lipinski definition) is 2. The topological polar surface area (TPSA) is 110 Å². The Balaban J connectivity index is 1.73. The van der Waals surface area contributed by atoms with Crippen molar-refractivity contribution in [3.05, 3.63) is 47.8 Å². The first-order chi connectivity index (χ1) is 13.4. The SMILES string of the molecule is CCn1cc(C(=O)C(=O)Nc2ccc([C@@]3(CC)CCC(=O)NC3=O)cc2)cn1. The number of Topliss-reactive ketones (excluding diaryl/α,β-unsaturated/α-hetero) is 1. The maximum atomic E-state index is 12.4. The number of aromatic nitrogens is 2. The predicted molar refractivity (Wildman–Crippen MR) is 102 cm³/mol. The van der Waals surface area contributed by atoms with Crippen LogP contribution >= 0.6 is 0 Å². The van der Waals surface area contributed by atoms with Crippen molar-refractivity contribution in [3.8, 4) is 0 Å². The van der Waals surface area contributed by atoms with Crippen molar-refractivity contribution in [1.29, 1.82) is 0 Å². The standard InChI is InChI=1S/C20H22N4O4/c1-3-20(10-9-16(25)23-19(20)28)14-5-7-15(8-6-14)22-18(27)17(26)13-11-21-24(4-2)12-13/h5-8,11-12H,3-4,9-10H2,1-2H3,(H,22,27)(H,23,25,28)/t20-/m1/s1. The van der Waals surface area contributed by atoms with E-state index in [1.807, 2.05) is 13.8 Å². The summed E-state index contributed by atoms with van der Waals surface area (Å²) >= 11 is 0. The lowest BCUT2D eigenvalue weighted by molar-refractivity contribution is -0.138. The second-order valence-corrected chi connectivity index (χ2v) is 6.76. The van der Waals surface area contributed by atoms with E-state index in [0.29, 0.717) is 25.1 Å². The summed E-state index contributed by atoms with van der Waals surface area (Å²) in [6.07, 6.45) is 4.18. The van der Waals surface area contributed by atoms with Gasteiger partial charge in [0.25, 0.3) is 11.7 Å². The first-order valence-corrected chi connectivity index (χ1v) is 9.22. The highest BCUT2D eigenvalue weighted by atomic mass is 16.2. The minimum Gasteiger partial charge on any atom is -0.319 e. The molecule has 3 rings (SSSR count). The molecule has 0 unspecified atom stereocenters. The van der Waals surface area contributed by atoms with E-state index >= 15 is 0 Å². The molecule has 2 heterocycles.